The van der Waals surface area contributed by atoms with E-state index < -0.39 is 10.0 Å². The average molecular weight is 315 g/mol. The van der Waals surface area contributed by atoms with Crippen LogP contribution < -0.4 is 10.5 Å². The number of aromatic nitrogens is 2. The molecule has 3 N–H and O–H groups in total. The molecule has 0 aliphatic carbocycles. The number of sulfonamides is 1. The lowest BCUT2D eigenvalue weighted by Crippen LogP contribution is -2.55. The molecular formula is C12H21N5O3S. The Balaban J connectivity index is 1.90. The zero-order valence-corrected chi connectivity index (χ0v) is 13.0. The molecule has 2 atom stereocenters. The fraction of sp³-hybridized carbons (Fsp3) is 0.667. The number of carbonyl (C=O) groups is 1. The summed E-state index contributed by atoms with van der Waals surface area (Å²) in [5.74, 6) is 0.0443. The van der Waals surface area contributed by atoms with Crippen molar-refractivity contribution in [1.29, 1.82) is 0 Å². The van der Waals surface area contributed by atoms with Crippen molar-refractivity contribution in [2.45, 2.75) is 43.8 Å². The van der Waals surface area contributed by atoms with E-state index in [0.717, 1.165) is 0 Å². The van der Waals surface area contributed by atoms with Crippen molar-refractivity contribution in [3.05, 3.63) is 12.4 Å². The second kappa shape index (κ2) is 6.12. The quantitative estimate of drug-likeness (QED) is 0.750. The number of amides is 1. The van der Waals surface area contributed by atoms with Gasteiger partial charge in [-0.15, -0.1) is 0 Å². The summed E-state index contributed by atoms with van der Waals surface area (Å²) >= 11 is 0. The van der Waals surface area contributed by atoms with Gasteiger partial charge in [-0.05, 0) is 13.8 Å². The van der Waals surface area contributed by atoms with Gasteiger partial charge in [0.05, 0.1) is 6.20 Å². The van der Waals surface area contributed by atoms with Gasteiger partial charge in [0.25, 0.3) is 0 Å². The van der Waals surface area contributed by atoms with Crippen molar-refractivity contribution in [1.82, 2.24) is 20.0 Å². The van der Waals surface area contributed by atoms with Gasteiger partial charge in [-0.1, -0.05) is 0 Å². The molecule has 0 radical (unpaired) electrons. The zero-order valence-electron chi connectivity index (χ0n) is 12.2. The fourth-order valence-corrected chi connectivity index (χ4v) is 2.98. The second-order valence-corrected chi connectivity index (χ2v) is 7.06. The van der Waals surface area contributed by atoms with Crippen molar-refractivity contribution in [2.24, 2.45) is 5.14 Å². The van der Waals surface area contributed by atoms with E-state index in [1.165, 1.54) is 17.1 Å². The number of primary sulfonamides is 1. The van der Waals surface area contributed by atoms with Gasteiger partial charge in [-0.3, -0.25) is 9.48 Å². The number of nitrogens with one attached hydrogen (secondary N) is 1. The van der Waals surface area contributed by atoms with E-state index in [4.69, 9.17) is 5.14 Å². The maximum atomic E-state index is 12.2. The number of carbonyl (C=O) groups excluding carboxylic acids is 1. The van der Waals surface area contributed by atoms with Gasteiger partial charge in [0.2, 0.25) is 15.9 Å². The van der Waals surface area contributed by atoms with E-state index in [1.807, 2.05) is 18.7 Å². The standard InChI is InChI=1S/C12H21N5O3S/c1-9-6-16(7-10(2)15-9)12(18)3-4-17-8-11(5-14-17)21(13,19)20/h5,8-10,15H,3-4,6-7H2,1-2H3,(H2,13,19,20)/t9-,10-/m0/s1. The summed E-state index contributed by atoms with van der Waals surface area (Å²) in [6.45, 7) is 5.79. The Morgan fingerprint density at radius 3 is 2.57 bits per heavy atom. The van der Waals surface area contributed by atoms with Crippen molar-refractivity contribution < 1.29 is 13.2 Å². The van der Waals surface area contributed by atoms with Crippen molar-refractivity contribution in [3.8, 4) is 0 Å². The van der Waals surface area contributed by atoms with Crippen LogP contribution in [0.1, 0.15) is 20.3 Å². The number of hydrogen-bond donors (Lipinski definition) is 2. The minimum absolute atomic E-state index is 0.0423. The Labute approximate surface area is 124 Å². The summed E-state index contributed by atoms with van der Waals surface area (Å²) in [4.78, 5) is 14.0. The number of rotatable bonds is 4. The summed E-state index contributed by atoms with van der Waals surface area (Å²) in [5, 5.41) is 12.3. The van der Waals surface area contributed by atoms with E-state index in [1.54, 1.807) is 0 Å². The molecule has 1 saturated heterocycles. The maximum absolute atomic E-state index is 12.2. The summed E-state index contributed by atoms with van der Waals surface area (Å²) in [7, 11) is -3.74. The van der Waals surface area contributed by atoms with Gasteiger partial charge < -0.3 is 10.2 Å². The molecule has 0 bridgehead atoms. The Morgan fingerprint density at radius 1 is 1.43 bits per heavy atom. The van der Waals surface area contributed by atoms with Crippen molar-refractivity contribution in [3.63, 3.8) is 0 Å². The minimum atomic E-state index is -3.74. The molecule has 9 heteroatoms. The molecule has 0 aromatic carbocycles. The molecule has 0 saturated carbocycles. The van der Waals surface area contributed by atoms with Crippen LogP contribution in [0.15, 0.2) is 17.3 Å². The number of nitrogens with two attached hydrogens (primary N) is 1. The molecule has 0 unspecified atom stereocenters. The van der Waals surface area contributed by atoms with E-state index in [2.05, 4.69) is 10.4 Å². The first-order valence-electron chi connectivity index (χ1n) is 6.85. The first-order valence-corrected chi connectivity index (χ1v) is 8.39. The summed E-state index contributed by atoms with van der Waals surface area (Å²) in [6, 6.07) is 0.549. The largest absolute Gasteiger partial charge is 0.340 e. The van der Waals surface area contributed by atoms with Crippen LogP contribution in [-0.4, -0.2) is 54.2 Å². The van der Waals surface area contributed by atoms with Crippen molar-refractivity contribution in [2.75, 3.05) is 13.1 Å². The van der Waals surface area contributed by atoms with Crippen LogP contribution in [0.3, 0.4) is 0 Å². The predicted octanol–water partition coefficient (Wildman–Crippen LogP) is -0.871. The van der Waals surface area contributed by atoms with Gasteiger partial charge in [0.15, 0.2) is 0 Å². The predicted molar refractivity (Wildman–Crippen MR) is 76.9 cm³/mol. The van der Waals surface area contributed by atoms with E-state index >= 15 is 0 Å². The molecule has 118 valence electrons. The monoisotopic (exact) mass is 315 g/mol. The minimum Gasteiger partial charge on any atom is -0.340 e. The number of piperazine rings is 1. The average Bonchev–Trinajstić information content (AvgIpc) is 2.83. The lowest BCUT2D eigenvalue weighted by atomic mass is 10.1. The van der Waals surface area contributed by atoms with Crippen LogP contribution in [0.4, 0.5) is 0 Å². The third-order valence-electron chi connectivity index (χ3n) is 3.40. The topological polar surface area (TPSA) is 110 Å². The summed E-state index contributed by atoms with van der Waals surface area (Å²) in [5.41, 5.74) is 0. The van der Waals surface area contributed by atoms with Gasteiger partial charge in [-0.25, -0.2) is 13.6 Å². The highest BCUT2D eigenvalue weighted by Gasteiger charge is 2.24. The molecule has 0 spiro atoms. The molecule has 2 rings (SSSR count). The van der Waals surface area contributed by atoms with Crippen LogP contribution >= 0.6 is 0 Å². The first kappa shape index (κ1) is 15.9. The van der Waals surface area contributed by atoms with Gasteiger partial charge in [0.1, 0.15) is 4.90 Å². The molecule has 1 fully saturated rings. The maximum Gasteiger partial charge on any atom is 0.241 e. The highest BCUT2D eigenvalue weighted by atomic mass is 32.2. The van der Waals surface area contributed by atoms with E-state index in [9.17, 15) is 13.2 Å². The molecular weight excluding hydrogens is 294 g/mol. The Hall–Kier alpha value is -1.45. The van der Waals surface area contributed by atoms with Crippen molar-refractivity contribution >= 4 is 15.9 Å². The molecule has 2 heterocycles. The summed E-state index contributed by atoms with van der Waals surface area (Å²) < 4.78 is 23.7. The van der Waals surface area contributed by atoms with E-state index in [0.29, 0.717) is 19.6 Å². The lowest BCUT2D eigenvalue weighted by Gasteiger charge is -2.36. The fourth-order valence-electron chi connectivity index (χ4n) is 2.51. The molecule has 1 amide bonds. The van der Waals surface area contributed by atoms with Gasteiger partial charge >= 0.3 is 0 Å². The molecule has 1 aliphatic rings. The number of hydrogen-bond acceptors (Lipinski definition) is 5. The Morgan fingerprint density at radius 2 is 2.05 bits per heavy atom. The number of aryl methyl sites for hydroxylation is 1. The first-order chi connectivity index (χ1) is 9.75. The molecule has 1 aromatic rings. The van der Waals surface area contributed by atoms with Crippen LogP contribution in [0.25, 0.3) is 0 Å². The van der Waals surface area contributed by atoms with E-state index in [-0.39, 0.29) is 29.3 Å². The van der Waals surface area contributed by atoms with Crippen LogP contribution in [0.2, 0.25) is 0 Å². The Bertz CT molecular complexity index is 602. The third kappa shape index (κ3) is 4.26. The molecule has 1 aromatic heterocycles. The second-order valence-electron chi connectivity index (χ2n) is 5.50. The lowest BCUT2D eigenvalue weighted by molar-refractivity contribution is -0.133. The Kier molecular flexibility index (Phi) is 4.64. The molecule has 21 heavy (non-hydrogen) atoms. The SMILES string of the molecule is C[C@H]1CN(C(=O)CCn2cc(S(N)(=O)=O)cn2)C[C@H](C)N1. The van der Waals surface area contributed by atoms with Gasteiger partial charge in [0, 0.05) is 44.3 Å². The highest BCUT2D eigenvalue weighted by molar-refractivity contribution is 7.89. The zero-order chi connectivity index (χ0) is 15.6. The summed E-state index contributed by atoms with van der Waals surface area (Å²) in [6.07, 6.45) is 2.81. The normalized spacial score (nSPS) is 23.3. The van der Waals surface area contributed by atoms with Crippen LogP contribution in [0, 0.1) is 0 Å². The number of nitrogens with zero attached hydrogens (tertiary/aromatic N) is 3. The smallest absolute Gasteiger partial charge is 0.241 e. The van der Waals surface area contributed by atoms with Crippen LogP contribution in [-0.2, 0) is 21.4 Å². The highest BCUT2D eigenvalue weighted by Crippen LogP contribution is 2.08. The van der Waals surface area contributed by atoms with Gasteiger partial charge in [-0.2, -0.15) is 5.10 Å². The molecule has 1 aliphatic heterocycles. The van der Waals surface area contributed by atoms with Crippen LogP contribution in [0.5, 0.6) is 0 Å². The molecule has 8 nitrogen and oxygen atoms in total. The third-order valence-corrected chi connectivity index (χ3v) is 4.27.